The minimum absolute atomic E-state index is 0.592. The van der Waals surface area contributed by atoms with E-state index in [4.69, 9.17) is 4.74 Å². The van der Waals surface area contributed by atoms with E-state index < -0.39 is 0 Å². The highest BCUT2D eigenvalue weighted by molar-refractivity contribution is 5.34. The molecule has 1 unspecified atom stereocenters. The van der Waals surface area contributed by atoms with Gasteiger partial charge in [0, 0.05) is 24.5 Å². The summed E-state index contributed by atoms with van der Waals surface area (Å²) in [7, 11) is 1.75. The van der Waals surface area contributed by atoms with Gasteiger partial charge in [-0.3, -0.25) is 10.00 Å². The minimum Gasteiger partial charge on any atom is -0.496 e. The Balaban J connectivity index is 1.69. The number of methoxy groups -OCH3 is 1. The molecule has 20 heavy (non-hydrogen) atoms. The van der Waals surface area contributed by atoms with E-state index in [1.165, 1.54) is 30.6 Å². The first-order valence-corrected chi connectivity index (χ1v) is 7.21. The van der Waals surface area contributed by atoms with E-state index in [-0.39, 0.29) is 0 Å². The Hall–Kier alpha value is -1.81. The van der Waals surface area contributed by atoms with Gasteiger partial charge in [0.15, 0.2) is 0 Å². The predicted molar refractivity (Wildman–Crippen MR) is 78.7 cm³/mol. The van der Waals surface area contributed by atoms with Crippen molar-refractivity contribution in [3.8, 4) is 5.75 Å². The standard InChI is InChI=1S/C16H21N3O/c1-20-16-7-3-2-5-13(16)11-15-6-4-10-19(15)12-14-8-9-17-18-14/h2-3,5,7-9,15H,4,6,10-12H2,1H3,(H,17,18). The smallest absolute Gasteiger partial charge is 0.122 e. The van der Waals surface area contributed by atoms with Crippen molar-refractivity contribution < 1.29 is 4.74 Å². The van der Waals surface area contributed by atoms with Crippen LogP contribution in [0.1, 0.15) is 24.1 Å². The Morgan fingerprint density at radius 1 is 1.35 bits per heavy atom. The van der Waals surface area contributed by atoms with Crippen LogP contribution in [0.25, 0.3) is 0 Å². The molecule has 1 aliphatic heterocycles. The summed E-state index contributed by atoms with van der Waals surface area (Å²) in [5.41, 5.74) is 2.49. The Morgan fingerprint density at radius 3 is 3.05 bits per heavy atom. The van der Waals surface area contributed by atoms with Crippen molar-refractivity contribution in [1.29, 1.82) is 0 Å². The first-order chi connectivity index (χ1) is 9.86. The van der Waals surface area contributed by atoms with Crippen molar-refractivity contribution in [2.75, 3.05) is 13.7 Å². The van der Waals surface area contributed by atoms with Crippen molar-refractivity contribution >= 4 is 0 Å². The number of hydrogen-bond donors (Lipinski definition) is 1. The maximum Gasteiger partial charge on any atom is 0.122 e. The SMILES string of the molecule is COc1ccccc1CC1CCCN1Cc1ccn[nH]1. The highest BCUT2D eigenvalue weighted by atomic mass is 16.5. The molecule has 1 aromatic heterocycles. The zero-order chi connectivity index (χ0) is 13.8. The third-order valence-corrected chi connectivity index (χ3v) is 4.08. The van der Waals surface area contributed by atoms with Crippen LogP contribution >= 0.6 is 0 Å². The summed E-state index contributed by atoms with van der Waals surface area (Å²) in [6.07, 6.45) is 5.40. The molecule has 0 bridgehead atoms. The average molecular weight is 271 g/mol. The van der Waals surface area contributed by atoms with Gasteiger partial charge in [0.2, 0.25) is 0 Å². The fourth-order valence-electron chi connectivity index (χ4n) is 3.05. The topological polar surface area (TPSA) is 41.1 Å². The molecule has 2 aromatic rings. The molecule has 0 aliphatic carbocycles. The summed E-state index contributed by atoms with van der Waals surface area (Å²) in [6, 6.07) is 11.0. The van der Waals surface area contributed by atoms with Crippen LogP contribution in [0.15, 0.2) is 36.5 Å². The number of ether oxygens (including phenoxy) is 1. The summed E-state index contributed by atoms with van der Waals surface area (Å²) in [6.45, 7) is 2.12. The number of likely N-dealkylation sites (tertiary alicyclic amines) is 1. The highest BCUT2D eigenvalue weighted by Gasteiger charge is 2.25. The lowest BCUT2D eigenvalue weighted by molar-refractivity contribution is 0.239. The first kappa shape index (κ1) is 13.2. The molecule has 0 radical (unpaired) electrons. The molecule has 0 spiro atoms. The quantitative estimate of drug-likeness (QED) is 0.909. The molecule has 106 valence electrons. The maximum atomic E-state index is 5.46. The minimum atomic E-state index is 0.592. The third-order valence-electron chi connectivity index (χ3n) is 4.08. The number of H-pyrrole nitrogens is 1. The molecule has 1 saturated heterocycles. The Kier molecular flexibility index (Phi) is 4.02. The molecular weight excluding hydrogens is 250 g/mol. The van der Waals surface area contributed by atoms with Crippen LogP contribution in [-0.4, -0.2) is 34.8 Å². The van der Waals surface area contributed by atoms with Crippen LogP contribution in [0, 0.1) is 0 Å². The summed E-state index contributed by atoms with van der Waals surface area (Å²) in [5.74, 6) is 1.00. The van der Waals surface area contributed by atoms with Crippen LogP contribution < -0.4 is 4.74 Å². The second-order valence-electron chi connectivity index (χ2n) is 5.36. The Morgan fingerprint density at radius 2 is 2.25 bits per heavy atom. The molecule has 1 aromatic carbocycles. The summed E-state index contributed by atoms with van der Waals surface area (Å²) >= 11 is 0. The molecule has 1 atom stereocenters. The van der Waals surface area contributed by atoms with E-state index in [2.05, 4.69) is 33.3 Å². The van der Waals surface area contributed by atoms with Crippen LogP contribution in [0.5, 0.6) is 5.75 Å². The van der Waals surface area contributed by atoms with Gasteiger partial charge in [-0.2, -0.15) is 5.10 Å². The molecule has 0 saturated carbocycles. The number of aromatic amines is 1. The Bertz CT molecular complexity index is 538. The number of aromatic nitrogens is 2. The second-order valence-corrected chi connectivity index (χ2v) is 5.36. The largest absolute Gasteiger partial charge is 0.496 e. The summed E-state index contributed by atoms with van der Waals surface area (Å²) < 4.78 is 5.46. The Labute approximate surface area is 119 Å². The third kappa shape index (κ3) is 2.85. The molecule has 4 heteroatoms. The summed E-state index contributed by atoms with van der Waals surface area (Å²) in [4.78, 5) is 2.54. The zero-order valence-electron chi connectivity index (χ0n) is 11.9. The van der Waals surface area contributed by atoms with Gasteiger partial charge < -0.3 is 4.74 Å². The number of nitrogens with one attached hydrogen (secondary N) is 1. The molecule has 4 nitrogen and oxygen atoms in total. The fourth-order valence-corrected chi connectivity index (χ4v) is 3.05. The van der Waals surface area contributed by atoms with Crippen molar-refractivity contribution in [3.63, 3.8) is 0 Å². The van der Waals surface area contributed by atoms with Gasteiger partial charge >= 0.3 is 0 Å². The lowest BCUT2D eigenvalue weighted by Gasteiger charge is -2.24. The maximum absolute atomic E-state index is 5.46. The molecule has 1 aliphatic rings. The van der Waals surface area contributed by atoms with Gasteiger partial charge in [0.1, 0.15) is 5.75 Å². The van der Waals surface area contributed by atoms with Gasteiger partial charge in [-0.15, -0.1) is 0 Å². The van der Waals surface area contributed by atoms with Gasteiger partial charge in [-0.1, -0.05) is 18.2 Å². The zero-order valence-corrected chi connectivity index (χ0v) is 11.9. The lowest BCUT2D eigenvalue weighted by atomic mass is 10.0. The van der Waals surface area contributed by atoms with Crippen LogP contribution in [0.3, 0.4) is 0 Å². The van der Waals surface area contributed by atoms with Gasteiger partial charge in [0.25, 0.3) is 0 Å². The predicted octanol–water partition coefficient (Wildman–Crippen LogP) is 2.63. The molecule has 1 N–H and O–H groups in total. The lowest BCUT2D eigenvalue weighted by Crippen LogP contribution is -2.30. The van der Waals surface area contributed by atoms with Crippen molar-refractivity contribution in [1.82, 2.24) is 15.1 Å². The molecule has 3 rings (SSSR count). The van der Waals surface area contributed by atoms with Crippen molar-refractivity contribution in [2.45, 2.75) is 31.8 Å². The van der Waals surface area contributed by atoms with Gasteiger partial charge in [-0.05, 0) is 43.5 Å². The van der Waals surface area contributed by atoms with Gasteiger partial charge in [0.05, 0.1) is 7.11 Å². The van der Waals surface area contributed by atoms with E-state index in [0.717, 1.165) is 18.7 Å². The number of rotatable bonds is 5. The number of para-hydroxylation sites is 1. The second kappa shape index (κ2) is 6.09. The molecule has 0 amide bonds. The monoisotopic (exact) mass is 271 g/mol. The van der Waals surface area contributed by atoms with Crippen LogP contribution in [0.2, 0.25) is 0 Å². The van der Waals surface area contributed by atoms with Crippen molar-refractivity contribution in [3.05, 3.63) is 47.8 Å². The molecule has 2 heterocycles. The fraction of sp³-hybridized carbons (Fsp3) is 0.438. The number of nitrogens with zero attached hydrogens (tertiary/aromatic N) is 2. The molecular formula is C16H21N3O. The number of hydrogen-bond acceptors (Lipinski definition) is 3. The van der Waals surface area contributed by atoms with Crippen LogP contribution in [0.4, 0.5) is 0 Å². The van der Waals surface area contributed by atoms with E-state index >= 15 is 0 Å². The summed E-state index contributed by atoms with van der Waals surface area (Å²) in [5, 5.41) is 7.08. The highest BCUT2D eigenvalue weighted by Crippen LogP contribution is 2.26. The van der Waals surface area contributed by atoms with E-state index in [1.54, 1.807) is 7.11 Å². The number of benzene rings is 1. The normalized spacial score (nSPS) is 19.4. The van der Waals surface area contributed by atoms with E-state index in [1.807, 2.05) is 18.3 Å². The van der Waals surface area contributed by atoms with E-state index in [0.29, 0.717) is 6.04 Å². The first-order valence-electron chi connectivity index (χ1n) is 7.21. The van der Waals surface area contributed by atoms with Crippen molar-refractivity contribution in [2.24, 2.45) is 0 Å². The molecule has 1 fully saturated rings. The van der Waals surface area contributed by atoms with Crippen LogP contribution in [-0.2, 0) is 13.0 Å². The van der Waals surface area contributed by atoms with Gasteiger partial charge in [-0.25, -0.2) is 0 Å². The van der Waals surface area contributed by atoms with E-state index in [9.17, 15) is 0 Å². The average Bonchev–Trinajstić information content (AvgIpc) is 3.13.